The van der Waals surface area contributed by atoms with Gasteiger partial charge in [0.25, 0.3) is 11.7 Å². The lowest BCUT2D eigenvalue weighted by Crippen LogP contribution is -2.48. The van der Waals surface area contributed by atoms with Gasteiger partial charge < -0.3 is 19.7 Å². The van der Waals surface area contributed by atoms with Gasteiger partial charge in [0.05, 0.1) is 0 Å². The van der Waals surface area contributed by atoms with Crippen LogP contribution in [0.2, 0.25) is 0 Å². The van der Waals surface area contributed by atoms with Crippen LogP contribution in [0.4, 0.5) is 21.7 Å². The molecule has 1 saturated heterocycles. The van der Waals surface area contributed by atoms with Crippen LogP contribution in [-0.4, -0.2) is 68.1 Å². The lowest BCUT2D eigenvalue weighted by Gasteiger charge is -2.36. The molecule has 0 spiro atoms. The van der Waals surface area contributed by atoms with E-state index in [0.29, 0.717) is 43.5 Å². The molecule has 1 amide bonds. The monoisotopic (exact) mass is 518 g/mol. The molecule has 1 aliphatic heterocycles. The molecular formula is C28H25B2FN6O2. The smallest absolute Gasteiger partial charge is 0.298 e. The van der Waals surface area contributed by atoms with Crippen LogP contribution in [0.25, 0.3) is 11.1 Å². The van der Waals surface area contributed by atoms with E-state index < -0.39 is 17.5 Å². The van der Waals surface area contributed by atoms with Crippen LogP contribution >= 0.6 is 0 Å². The molecule has 0 unspecified atom stereocenters. The largest absolute Gasteiger partial charge is 0.368 e. The molecular weight excluding hydrogens is 493 g/mol. The maximum Gasteiger partial charge on any atom is 0.298 e. The van der Waals surface area contributed by atoms with Crippen LogP contribution in [0.5, 0.6) is 0 Å². The summed E-state index contributed by atoms with van der Waals surface area (Å²) < 4.78 is 15.4. The van der Waals surface area contributed by atoms with E-state index in [4.69, 9.17) is 15.7 Å². The lowest BCUT2D eigenvalue weighted by atomic mass is 9.96. The summed E-state index contributed by atoms with van der Waals surface area (Å²) in [5, 5.41) is 2.73. The number of hydrogen-bond acceptors (Lipinski definition) is 6. The predicted molar refractivity (Wildman–Crippen MR) is 152 cm³/mol. The van der Waals surface area contributed by atoms with Crippen LogP contribution in [0.3, 0.4) is 0 Å². The molecule has 0 saturated carbocycles. The molecule has 3 heterocycles. The zero-order valence-corrected chi connectivity index (χ0v) is 21.7. The van der Waals surface area contributed by atoms with Crippen molar-refractivity contribution >= 4 is 55.9 Å². The Bertz CT molecular complexity index is 1510. The van der Waals surface area contributed by atoms with Crippen molar-refractivity contribution in [2.24, 2.45) is 7.05 Å². The first-order valence-corrected chi connectivity index (χ1v) is 12.5. The number of ketones is 1. The molecule has 1 fully saturated rings. The highest BCUT2D eigenvalue weighted by Gasteiger charge is 2.25. The number of amides is 1. The summed E-state index contributed by atoms with van der Waals surface area (Å²) in [6, 6.07) is 18.8. The molecule has 1 aliphatic rings. The summed E-state index contributed by atoms with van der Waals surface area (Å²) in [5.74, 6) is -1.80. The van der Waals surface area contributed by atoms with Gasteiger partial charge in [0.2, 0.25) is 5.95 Å². The van der Waals surface area contributed by atoms with E-state index in [0.717, 1.165) is 22.5 Å². The predicted octanol–water partition coefficient (Wildman–Crippen LogP) is 1.67. The van der Waals surface area contributed by atoms with Crippen molar-refractivity contribution in [2.45, 2.75) is 6.92 Å². The average Bonchev–Trinajstić information content (AvgIpc) is 3.25. The number of carbonyl (C=O) groups is 2. The van der Waals surface area contributed by atoms with E-state index in [-0.39, 0.29) is 11.2 Å². The van der Waals surface area contributed by atoms with Crippen molar-refractivity contribution in [3.63, 3.8) is 0 Å². The van der Waals surface area contributed by atoms with Crippen LogP contribution in [-0.2, 0) is 11.8 Å². The van der Waals surface area contributed by atoms with Gasteiger partial charge in [-0.1, -0.05) is 30.3 Å². The molecule has 0 atom stereocenters. The number of nitrogens with zero attached hydrogens (tertiary/aromatic N) is 5. The molecule has 8 nitrogen and oxygen atoms in total. The quantitative estimate of drug-likeness (QED) is 0.238. The Labute approximate surface area is 228 Å². The molecule has 0 bridgehead atoms. The Morgan fingerprint density at radius 2 is 1.49 bits per heavy atom. The number of aromatic nitrogens is 3. The number of piperazine rings is 1. The number of rotatable bonds is 6. The Balaban J connectivity index is 1.23. The van der Waals surface area contributed by atoms with Crippen molar-refractivity contribution in [1.29, 1.82) is 0 Å². The van der Waals surface area contributed by atoms with E-state index in [2.05, 4.69) is 20.2 Å². The molecule has 2 aromatic carbocycles. The molecule has 5 rings (SSSR count). The number of anilines is 3. The molecule has 4 aromatic rings. The highest BCUT2D eigenvalue weighted by atomic mass is 19.1. The maximum atomic E-state index is 13.7. The van der Waals surface area contributed by atoms with E-state index in [1.807, 2.05) is 60.4 Å². The minimum absolute atomic E-state index is 0.269. The molecule has 1 N–H and O–H groups in total. The SMILES string of the molecule is [B]c1nc(N2CCN(c3ccc(NC(=O)C(=O)c4c(-c5ccccc5)cc(C)n4C)cc3)CC2)nc([B])c1F. The molecule has 39 heavy (non-hydrogen) atoms. The summed E-state index contributed by atoms with van der Waals surface area (Å²) in [6.07, 6.45) is 0. The van der Waals surface area contributed by atoms with Gasteiger partial charge in [-0.3, -0.25) is 9.59 Å². The fourth-order valence-corrected chi connectivity index (χ4v) is 4.67. The minimum atomic E-state index is -0.804. The number of Topliss-reactive ketones (excluding diaryl/α,β-unsaturated/α-hetero) is 1. The zero-order valence-electron chi connectivity index (χ0n) is 21.7. The van der Waals surface area contributed by atoms with Crippen LogP contribution in [0, 0.1) is 12.7 Å². The van der Waals surface area contributed by atoms with Crippen molar-refractivity contribution in [1.82, 2.24) is 14.5 Å². The second-order valence-electron chi connectivity index (χ2n) is 9.39. The fourth-order valence-electron chi connectivity index (χ4n) is 4.67. The van der Waals surface area contributed by atoms with Gasteiger partial charge in [-0.25, -0.2) is 14.4 Å². The van der Waals surface area contributed by atoms with Crippen molar-refractivity contribution in [3.8, 4) is 11.1 Å². The van der Waals surface area contributed by atoms with Gasteiger partial charge in [0.15, 0.2) is 0 Å². The Hall–Kier alpha value is -4.40. The minimum Gasteiger partial charge on any atom is -0.368 e. The Kier molecular flexibility index (Phi) is 7.24. The average molecular weight is 518 g/mol. The zero-order chi connectivity index (χ0) is 27.7. The molecule has 192 valence electrons. The number of aryl methyl sites for hydroxylation is 1. The van der Waals surface area contributed by atoms with Crippen molar-refractivity contribution < 1.29 is 14.0 Å². The fraction of sp³-hybridized carbons (Fsp3) is 0.214. The third-order valence-electron chi connectivity index (χ3n) is 6.92. The van der Waals surface area contributed by atoms with Crippen molar-refractivity contribution in [3.05, 3.63) is 77.9 Å². The number of nitrogens with one attached hydrogen (secondary N) is 1. The number of carbonyl (C=O) groups excluding carboxylic acids is 2. The molecule has 11 heteroatoms. The highest BCUT2D eigenvalue weighted by Crippen LogP contribution is 2.28. The van der Waals surface area contributed by atoms with E-state index >= 15 is 0 Å². The van der Waals surface area contributed by atoms with Gasteiger partial charge >= 0.3 is 0 Å². The number of halogens is 1. The van der Waals surface area contributed by atoms with Gasteiger partial charge in [-0.2, -0.15) is 0 Å². The van der Waals surface area contributed by atoms with E-state index in [9.17, 15) is 14.0 Å². The number of benzene rings is 2. The van der Waals surface area contributed by atoms with Crippen molar-refractivity contribution in [2.75, 3.05) is 41.3 Å². The number of hydrogen-bond donors (Lipinski definition) is 1. The van der Waals surface area contributed by atoms with Gasteiger partial charge in [-0.05, 0) is 42.8 Å². The summed E-state index contributed by atoms with van der Waals surface area (Å²) in [4.78, 5) is 38.2. The summed E-state index contributed by atoms with van der Waals surface area (Å²) in [5.41, 5.74) is 3.77. The van der Waals surface area contributed by atoms with Crippen LogP contribution in [0.15, 0.2) is 60.7 Å². The summed E-state index contributed by atoms with van der Waals surface area (Å²) in [7, 11) is 13.0. The lowest BCUT2D eigenvalue weighted by molar-refractivity contribution is -0.112. The van der Waals surface area contributed by atoms with E-state index in [1.54, 1.807) is 23.7 Å². The molecule has 0 aliphatic carbocycles. The van der Waals surface area contributed by atoms with E-state index in [1.165, 1.54) is 0 Å². The first-order chi connectivity index (χ1) is 18.7. The second kappa shape index (κ2) is 10.8. The highest BCUT2D eigenvalue weighted by molar-refractivity contribution is 6.47. The molecule has 4 radical (unpaired) electrons. The first kappa shape index (κ1) is 26.2. The Morgan fingerprint density at radius 1 is 0.897 bits per heavy atom. The summed E-state index contributed by atoms with van der Waals surface area (Å²) in [6.45, 7) is 4.42. The maximum absolute atomic E-state index is 13.7. The van der Waals surface area contributed by atoms with Gasteiger partial charge in [0.1, 0.15) is 27.2 Å². The normalized spacial score (nSPS) is 13.4. The van der Waals surface area contributed by atoms with Crippen LogP contribution < -0.4 is 26.3 Å². The standard InChI is InChI=1S/C28H25B2FN6O2/c1-17-16-21(18-6-4-3-5-7-18)23(35(17)2)24(38)27(39)32-19-8-10-20(11-9-19)36-12-14-37(15-13-36)28-33-25(29)22(31)26(30)34-28/h3-11,16H,12-15H2,1-2H3,(H,32,39). The Morgan fingerprint density at radius 3 is 2.10 bits per heavy atom. The van der Waals surface area contributed by atoms with Gasteiger partial charge in [-0.15, -0.1) is 0 Å². The third kappa shape index (κ3) is 5.30. The second-order valence-corrected chi connectivity index (χ2v) is 9.39. The first-order valence-electron chi connectivity index (χ1n) is 12.5. The third-order valence-corrected chi connectivity index (χ3v) is 6.92. The van der Waals surface area contributed by atoms with Gasteiger partial charge in [0, 0.05) is 67.0 Å². The molecule has 2 aromatic heterocycles. The summed E-state index contributed by atoms with van der Waals surface area (Å²) >= 11 is 0. The van der Waals surface area contributed by atoms with Crippen LogP contribution in [0.1, 0.15) is 16.2 Å². The topological polar surface area (TPSA) is 83.4 Å².